The lowest BCUT2D eigenvalue weighted by atomic mass is 10.3. The molecule has 0 aromatic carbocycles. The Balaban J connectivity index is 0.00000338. The van der Waals surface area contributed by atoms with E-state index in [0.29, 0.717) is 24.6 Å². The van der Waals surface area contributed by atoms with Crippen LogP contribution in [-0.4, -0.2) is 30.3 Å². The minimum Gasteiger partial charge on any atom is -0.468 e. The second-order valence-electron chi connectivity index (χ2n) is 5.03. The molecule has 6 nitrogen and oxygen atoms in total. The van der Waals surface area contributed by atoms with Crippen molar-refractivity contribution in [2.75, 3.05) is 13.2 Å². The van der Waals surface area contributed by atoms with Crippen LogP contribution < -0.4 is 15.4 Å². The van der Waals surface area contributed by atoms with Gasteiger partial charge in [0.25, 0.3) is 0 Å². The van der Waals surface area contributed by atoms with Gasteiger partial charge in [0, 0.05) is 18.8 Å². The fourth-order valence-corrected chi connectivity index (χ4v) is 1.88. The molecule has 0 radical (unpaired) electrons. The molecule has 0 aliphatic rings. The average molecular weight is 484 g/mol. The lowest BCUT2D eigenvalue weighted by Gasteiger charge is -2.11. The van der Waals surface area contributed by atoms with E-state index >= 15 is 0 Å². The Morgan fingerprint density at radius 2 is 2.12 bits per heavy atom. The number of rotatable bonds is 7. The smallest absolute Gasteiger partial charge is 0.422 e. The van der Waals surface area contributed by atoms with Crippen LogP contribution in [0.2, 0.25) is 0 Å². The van der Waals surface area contributed by atoms with E-state index < -0.39 is 12.8 Å². The average Bonchev–Trinajstić information content (AvgIpc) is 3.09. The largest absolute Gasteiger partial charge is 0.468 e. The topological polar surface area (TPSA) is 71.7 Å². The molecule has 0 aliphatic heterocycles. The van der Waals surface area contributed by atoms with E-state index in [4.69, 9.17) is 4.42 Å². The molecule has 144 valence electrons. The van der Waals surface area contributed by atoms with E-state index in [9.17, 15) is 13.2 Å². The molecule has 0 bridgehead atoms. The molecule has 2 aromatic heterocycles. The molecule has 2 rings (SSSR count). The SMILES string of the molecule is CCNC(=NCc1ccnc(OCC(F)(F)F)c1)NCc1ccco1.I. The third-order valence-corrected chi connectivity index (χ3v) is 2.96. The van der Waals surface area contributed by atoms with Gasteiger partial charge in [-0.3, -0.25) is 0 Å². The molecule has 0 fully saturated rings. The first-order valence-electron chi connectivity index (χ1n) is 7.65. The molecule has 0 saturated heterocycles. The predicted molar refractivity (Wildman–Crippen MR) is 102 cm³/mol. The molecule has 0 amide bonds. The van der Waals surface area contributed by atoms with Gasteiger partial charge in [0.2, 0.25) is 5.88 Å². The Kier molecular flexibility index (Phi) is 9.24. The molecule has 0 saturated carbocycles. The number of alkyl halides is 3. The molecule has 0 unspecified atom stereocenters. The number of aliphatic imine (C=N–C) groups is 1. The van der Waals surface area contributed by atoms with Gasteiger partial charge in [-0.25, -0.2) is 9.98 Å². The van der Waals surface area contributed by atoms with Crippen LogP contribution in [0.1, 0.15) is 18.2 Å². The van der Waals surface area contributed by atoms with Crippen LogP contribution in [0.5, 0.6) is 5.88 Å². The number of hydrogen-bond acceptors (Lipinski definition) is 4. The first-order valence-corrected chi connectivity index (χ1v) is 7.65. The minimum atomic E-state index is -4.40. The van der Waals surface area contributed by atoms with Crippen LogP contribution in [0.3, 0.4) is 0 Å². The van der Waals surface area contributed by atoms with E-state index in [0.717, 1.165) is 5.76 Å². The summed E-state index contributed by atoms with van der Waals surface area (Å²) in [6.07, 6.45) is -1.43. The molecule has 0 spiro atoms. The Morgan fingerprint density at radius 3 is 2.77 bits per heavy atom. The molecule has 26 heavy (non-hydrogen) atoms. The highest BCUT2D eigenvalue weighted by Gasteiger charge is 2.28. The van der Waals surface area contributed by atoms with Gasteiger partial charge in [0.1, 0.15) is 5.76 Å². The van der Waals surface area contributed by atoms with Gasteiger partial charge in [-0.1, -0.05) is 0 Å². The normalized spacial score (nSPS) is 11.6. The monoisotopic (exact) mass is 484 g/mol. The standard InChI is InChI=1S/C16H19F3N4O2.HI/c1-2-20-15(23-10-13-4-3-7-24-13)22-9-12-5-6-21-14(8-12)25-11-16(17,18)19;/h3-8H,2,9-11H2,1H3,(H2,20,22,23);1H. The number of nitrogens with zero attached hydrogens (tertiary/aromatic N) is 2. The van der Waals surface area contributed by atoms with Crippen molar-refractivity contribution in [1.29, 1.82) is 0 Å². The second kappa shape index (κ2) is 10.9. The summed E-state index contributed by atoms with van der Waals surface area (Å²) < 4.78 is 46.4. The van der Waals surface area contributed by atoms with Gasteiger partial charge in [0.05, 0.1) is 19.4 Å². The molecule has 10 heteroatoms. The van der Waals surface area contributed by atoms with Crippen molar-refractivity contribution in [1.82, 2.24) is 15.6 Å². The van der Waals surface area contributed by atoms with Crippen LogP contribution in [0.4, 0.5) is 13.2 Å². The lowest BCUT2D eigenvalue weighted by molar-refractivity contribution is -0.154. The molecular formula is C16H20F3IN4O2. The van der Waals surface area contributed by atoms with Gasteiger partial charge in [0.15, 0.2) is 12.6 Å². The summed E-state index contributed by atoms with van der Waals surface area (Å²) in [6.45, 7) is 1.95. The van der Waals surface area contributed by atoms with Gasteiger partial charge in [-0.05, 0) is 30.7 Å². The molecular weight excluding hydrogens is 464 g/mol. The Bertz CT molecular complexity index is 678. The maximum absolute atomic E-state index is 12.2. The van der Waals surface area contributed by atoms with Gasteiger partial charge in [-0.15, -0.1) is 24.0 Å². The number of pyridine rings is 1. The van der Waals surface area contributed by atoms with Crippen LogP contribution in [-0.2, 0) is 13.1 Å². The van der Waals surface area contributed by atoms with E-state index in [1.807, 2.05) is 13.0 Å². The number of halogens is 4. The summed E-state index contributed by atoms with van der Waals surface area (Å²) >= 11 is 0. The van der Waals surface area contributed by atoms with Crippen LogP contribution in [0, 0.1) is 0 Å². The first-order chi connectivity index (χ1) is 12.0. The predicted octanol–water partition coefficient (Wildman–Crippen LogP) is 3.49. The summed E-state index contributed by atoms with van der Waals surface area (Å²) in [7, 11) is 0. The third kappa shape index (κ3) is 8.41. The Hall–Kier alpha value is -1.98. The summed E-state index contributed by atoms with van der Waals surface area (Å²) in [5, 5.41) is 6.18. The summed E-state index contributed by atoms with van der Waals surface area (Å²) in [6, 6.07) is 6.73. The summed E-state index contributed by atoms with van der Waals surface area (Å²) in [5.74, 6) is 1.24. The third-order valence-electron chi connectivity index (χ3n) is 2.96. The van der Waals surface area contributed by atoms with Crippen molar-refractivity contribution in [3.05, 3.63) is 48.0 Å². The molecule has 2 N–H and O–H groups in total. The van der Waals surface area contributed by atoms with E-state index in [-0.39, 0.29) is 36.4 Å². The lowest BCUT2D eigenvalue weighted by Crippen LogP contribution is -2.36. The highest BCUT2D eigenvalue weighted by molar-refractivity contribution is 14.0. The van der Waals surface area contributed by atoms with Crippen molar-refractivity contribution in [2.24, 2.45) is 4.99 Å². The fourth-order valence-electron chi connectivity index (χ4n) is 1.88. The Morgan fingerprint density at radius 1 is 1.31 bits per heavy atom. The van der Waals surface area contributed by atoms with Gasteiger partial charge >= 0.3 is 6.18 Å². The van der Waals surface area contributed by atoms with Gasteiger partial charge < -0.3 is 19.8 Å². The highest BCUT2D eigenvalue weighted by Crippen LogP contribution is 2.17. The van der Waals surface area contributed by atoms with Crippen molar-refractivity contribution >= 4 is 29.9 Å². The maximum Gasteiger partial charge on any atom is 0.422 e. The number of aromatic nitrogens is 1. The van der Waals surface area contributed by atoms with Crippen LogP contribution >= 0.6 is 24.0 Å². The zero-order chi connectivity index (χ0) is 18.1. The molecule has 2 aromatic rings. The number of furan rings is 1. The van der Waals surface area contributed by atoms with Crippen LogP contribution in [0.25, 0.3) is 0 Å². The first kappa shape index (κ1) is 22.1. The summed E-state index contributed by atoms with van der Waals surface area (Å²) in [4.78, 5) is 8.14. The van der Waals surface area contributed by atoms with E-state index in [2.05, 4.69) is 25.3 Å². The number of ether oxygens (including phenoxy) is 1. The fraction of sp³-hybridized carbons (Fsp3) is 0.375. The van der Waals surface area contributed by atoms with Crippen LogP contribution in [0.15, 0.2) is 46.1 Å². The summed E-state index contributed by atoms with van der Waals surface area (Å²) in [5.41, 5.74) is 0.683. The molecule has 0 atom stereocenters. The quantitative estimate of drug-likeness (QED) is 0.358. The number of hydrogen-bond donors (Lipinski definition) is 2. The highest BCUT2D eigenvalue weighted by atomic mass is 127. The number of nitrogens with one attached hydrogen (secondary N) is 2. The van der Waals surface area contributed by atoms with Crippen molar-refractivity contribution < 1.29 is 22.3 Å². The van der Waals surface area contributed by atoms with Crippen molar-refractivity contribution in [3.63, 3.8) is 0 Å². The maximum atomic E-state index is 12.2. The molecule has 0 aliphatic carbocycles. The van der Waals surface area contributed by atoms with Gasteiger partial charge in [-0.2, -0.15) is 13.2 Å². The van der Waals surface area contributed by atoms with E-state index in [1.165, 1.54) is 12.3 Å². The van der Waals surface area contributed by atoms with E-state index in [1.54, 1.807) is 18.4 Å². The van der Waals surface area contributed by atoms with Crippen molar-refractivity contribution in [3.8, 4) is 5.88 Å². The second-order valence-corrected chi connectivity index (χ2v) is 5.03. The zero-order valence-corrected chi connectivity index (χ0v) is 16.4. The number of guanidine groups is 1. The zero-order valence-electron chi connectivity index (χ0n) is 14.0. The minimum absolute atomic E-state index is 0. The van der Waals surface area contributed by atoms with Crippen molar-refractivity contribution in [2.45, 2.75) is 26.2 Å². The Labute approximate surface area is 166 Å². The molecule has 2 heterocycles.